The number of aryl methyl sites for hydroxylation is 2. The van der Waals surface area contributed by atoms with Crippen LogP contribution >= 0.6 is 0 Å². The molecule has 1 N–H and O–H groups in total. The lowest BCUT2D eigenvalue weighted by atomic mass is 9.87. The fourth-order valence-corrected chi connectivity index (χ4v) is 4.71. The van der Waals surface area contributed by atoms with Gasteiger partial charge in [-0.05, 0) is 75.6 Å². The Balaban J connectivity index is 2.24. The topological polar surface area (TPSA) is 66.3 Å². The maximum atomic E-state index is 14.7. The number of anilines is 1. The number of piperidine rings is 1. The molecule has 1 fully saturated rings. The summed E-state index contributed by atoms with van der Waals surface area (Å²) in [5.74, 6) is -1.28. The highest BCUT2D eigenvalue weighted by Gasteiger charge is 2.29. The Morgan fingerprint density at radius 2 is 1.84 bits per heavy atom. The number of aliphatic carboxylic acids is 1. The van der Waals surface area contributed by atoms with Crippen molar-refractivity contribution in [3.63, 3.8) is 0 Å². The van der Waals surface area contributed by atoms with Crippen molar-refractivity contribution in [2.24, 2.45) is 0 Å². The zero-order chi connectivity index (χ0) is 23.3. The maximum absolute atomic E-state index is 14.7. The Morgan fingerprint density at radius 3 is 2.47 bits per heavy atom. The molecule has 0 spiro atoms. The molecule has 0 aliphatic carbocycles. The van der Waals surface area contributed by atoms with Gasteiger partial charge >= 0.3 is 5.97 Å². The minimum absolute atomic E-state index is 0.305. The lowest BCUT2D eigenvalue weighted by molar-refractivity contribution is -0.139. The molecular weight excluding hydrogens is 405 g/mol. The van der Waals surface area contributed by atoms with Gasteiger partial charge in [-0.15, -0.1) is 0 Å². The Hall–Kier alpha value is -2.50. The molecule has 0 radical (unpaired) electrons. The Morgan fingerprint density at radius 1 is 1.12 bits per heavy atom. The second-order valence-electron chi connectivity index (χ2n) is 8.94. The van der Waals surface area contributed by atoms with Gasteiger partial charge in [-0.3, -0.25) is 4.79 Å². The van der Waals surface area contributed by atoms with Crippen molar-refractivity contribution >= 4 is 11.9 Å². The fraction of sp³-hybridized carbons (Fsp3) is 0.577. The van der Waals surface area contributed by atoms with Crippen LogP contribution in [0.25, 0.3) is 11.3 Å². The second kappa shape index (κ2) is 10.9. The first kappa shape index (κ1) is 24.1. The van der Waals surface area contributed by atoms with Gasteiger partial charge in [0.2, 0.25) is 5.95 Å². The van der Waals surface area contributed by atoms with Crippen LogP contribution in [0.1, 0.15) is 87.1 Å². The van der Waals surface area contributed by atoms with Crippen molar-refractivity contribution in [1.29, 1.82) is 0 Å². The Bertz CT molecular complexity index is 955. The quantitative estimate of drug-likeness (QED) is 0.502. The van der Waals surface area contributed by atoms with Crippen molar-refractivity contribution in [3.8, 4) is 11.3 Å². The Kier molecular flexibility index (Phi) is 8.21. The number of carbonyl (C=O) groups is 1. The van der Waals surface area contributed by atoms with E-state index in [0.29, 0.717) is 34.9 Å². The lowest BCUT2D eigenvalue weighted by Gasteiger charge is -2.29. The molecule has 0 bridgehead atoms. The van der Waals surface area contributed by atoms with E-state index in [1.807, 2.05) is 20.8 Å². The number of hydrogen-bond donors (Lipinski definition) is 1. The van der Waals surface area contributed by atoms with Crippen molar-refractivity contribution in [2.75, 3.05) is 18.0 Å². The summed E-state index contributed by atoms with van der Waals surface area (Å²) in [7, 11) is 0. The zero-order valence-corrected chi connectivity index (χ0v) is 19.9. The molecule has 1 aromatic carbocycles. The largest absolute Gasteiger partial charge is 0.481 e. The first-order valence-corrected chi connectivity index (χ1v) is 12.0. The molecule has 3 rings (SSSR count). The summed E-state index contributed by atoms with van der Waals surface area (Å²) in [6.45, 7) is 9.74. The number of carboxylic acids is 1. The summed E-state index contributed by atoms with van der Waals surface area (Å²) in [5, 5.41) is 10.0. The molecule has 5 nitrogen and oxygen atoms in total. The summed E-state index contributed by atoms with van der Waals surface area (Å²) in [4.78, 5) is 24.1. The minimum Gasteiger partial charge on any atom is -0.481 e. The summed E-state index contributed by atoms with van der Waals surface area (Å²) >= 11 is 0. The molecule has 1 unspecified atom stereocenters. The third-order valence-electron chi connectivity index (χ3n) is 6.52. The van der Waals surface area contributed by atoms with Gasteiger partial charge in [0, 0.05) is 29.9 Å². The molecule has 1 aliphatic rings. The predicted molar refractivity (Wildman–Crippen MR) is 127 cm³/mol. The van der Waals surface area contributed by atoms with Crippen LogP contribution < -0.4 is 4.90 Å². The number of hydrogen-bond acceptors (Lipinski definition) is 4. The van der Waals surface area contributed by atoms with Crippen LogP contribution in [-0.2, 0) is 11.2 Å². The van der Waals surface area contributed by atoms with Crippen molar-refractivity contribution in [2.45, 2.75) is 85.0 Å². The molecular formula is C26H36FN3O2. The number of aromatic nitrogens is 2. The van der Waals surface area contributed by atoms with Gasteiger partial charge in [-0.1, -0.05) is 26.7 Å². The smallest absolute Gasteiger partial charge is 0.311 e. The van der Waals surface area contributed by atoms with Gasteiger partial charge in [0.1, 0.15) is 5.82 Å². The van der Waals surface area contributed by atoms with Crippen LogP contribution in [0.3, 0.4) is 0 Å². The van der Waals surface area contributed by atoms with Gasteiger partial charge in [0.15, 0.2) is 0 Å². The summed E-state index contributed by atoms with van der Waals surface area (Å²) in [6.07, 6.45) is 7.40. The summed E-state index contributed by atoms with van der Waals surface area (Å²) in [5.41, 5.74) is 4.51. The van der Waals surface area contributed by atoms with Crippen molar-refractivity contribution in [3.05, 3.63) is 40.3 Å². The molecule has 2 heterocycles. The molecule has 1 saturated heterocycles. The number of rotatable bonds is 9. The number of benzene rings is 1. The molecule has 2 aromatic rings. The highest BCUT2D eigenvalue weighted by molar-refractivity contribution is 5.82. The molecule has 0 saturated carbocycles. The summed E-state index contributed by atoms with van der Waals surface area (Å²) in [6, 6.07) is 3.12. The minimum atomic E-state index is -0.884. The first-order valence-electron chi connectivity index (χ1n) is 12.0. The summed E-state index contributed by atoms with van der Waals surface area (Å²) < 4.78 is 14.7. The van der Waals surface area contributed by atoms with E-state index < -0.39 is 11.9 Å². The van der Waals surface area contributed by atoms with Crippen molar-refractivity contribution < 1.29 is 14.3 Å². The standard InChI is InChI=1S/C26H36FN3O2/c1-5-7-12-19-15-20(27)16-22(17(19)3)24-23(21(11-6-2)25(31)32)18(4)28-26(29-24)30-13-9-8-10-14-30/h15-16,21H,5-14H2,1-4H3,(H,31,32). The molecule has 32 heavy (non-hydrogen) atoms. The van der Waals surface area contributed by atoms with Gasteiger partial charge in [-0.2, -0.15) is 0 Å². The van der Waals surface area contributed by atoms with Crippen LogP contribution in [0.2, 0.25) is 0 Å². The number of halogens is 1. The normalized spacial score (nSPS) is 15.1. The van der Waals surface area contributed by atoms with Gasteiger partial charge in [-0.25, -0.2) is 14.4 Å². The van der Waals surface area contributed by atoms with E-state index in [1.54, 1.807) is 6.07 Å². The third-order valence-corrected chi connectivity index (χ3v) is 6.52. The highest BCUT2D eigenvalue weighted by Crippen LogP contribution is 2.37. The average Bonchev–Trinajstić information content (AvgIpc) is 2.78. The lowest BCUT2D eigenvalue weighted by Crippen LogP contribution is -2.31. The molecule has 1 aliphatic heterocycles. The van der Waals surface area contributed by atoms with Gasteiger partial charge in [0.25, 0.3) is 0 Å². The number of nitrogens with zero attached hydrogens (tertiary/aromatic N) is 3. The van der Waals surface area contributed by atoms with Crippen LogP contribution in [0.5, 0.6) is 0 Å². The number of unbranched alkanes of at least 4 members (excludes halogenated alkanes) is 1. The van der Waals surface area contributed by atoms with Gasteiger partial charge < -0.3 is 10.0 Å². The Labute approximate surface area is 191 Å². The average molecular weight is 442 g/mol. The highest BCUT2D eigenvalue weighted by atomic mass is 19.1. The van der Waals surface area contributed by atoms with E-state index in [1.165, 1.54) is 12.5 Å². The second-order valence-corrected chi connectivity index (χ2v) is 8.94. The van der Waals surface area contributed by atoms with E-state index >= 15 is 0 Å². The third kappa shape index (κ3) is 5.28. The van der Waals surface area contributed by atoms with Crippen molar-refractivity contribution in [1.82, 2.24) is 9.97 Å². The van der Waals surface area contributed by atoms with E-state index in [2.05, 4.69) is 11.8 Å². The van der Waals surface area contributed by atoms with Crippen LogP contribution in [-0.4, -0.2) is 34.1 Å². The van der Waals surface area contributed by atoms with E-state index in [0.717, 1.165) is 62.7 Å². The maximum Gasteiger partial charge on any atom is 0.311 e. The van der Waals surface area contributed by atoms with E-state index in [4.69, 9.17) is 9.97 Å². The number of carboxylic acid groups (broad SMARTS) is 1. The van der Waals surface area contributed by atoms with E-state index in [9.17, 15) is 14.3 Å². The SMILES string of the molecule is CCCCc1cc(F)cc(-c2nc(N3CCCCC3)nc(C)c2C(CCC)C(=O)O)c1C. The van der Waals surface area contributed by atoms with Crippen LogP contribution in [0.15, 0.2) is 12.1 Å². The first-order chi connectivity index (χ1) is 15.4. The molecule has 1 aromatic heterocycles. The molecule has 0 amide bonds. The fourth-order valence-electron chi connectivity index (χ4n) is 4.71. The zero-order valence-electron chi connectivity index (χ0n) is 19.9. The monoisotopic (exact) mass is 441 g/mol. The van der Waals surface area contributed by atoms with Crippen LogP contribution in [0.4, 0.5) is 10.3 Å². The van der Waals surface area contributed by atoms with E-state index in [-0.39, 0.29) is 5.82 Å². The predicted octanol–water partition coefficient (Wildman–Crippen LogP) is 6.20. The molecule has 174 valence electrons. The van der Waals surface area contributed by atoms with Crippen LogP contribution in [0, 0.1) is 19.7 Å². The van der Waals surface area contributed by atoms with Gasteiger partial charge in [0.05, 0.1) is 11.6 Å². The molecule has 6 heteroatoms. The molecule has 1 atom stereocenters.